The Hall–Kier alpha value is -2.86. The zero-order valence-corrected chi connectivity index (χ0v) is 18.8. The summed E-state index contributed by atoms with van der Waals surface area (Å²) in [5.74, 6) is 2.01. The van der Waals surface area contributed by atoms with Gasteiger partial charge in [0.05, 0.1) is 26.3 Å². The van der Waals surface area contributed by atoms with Gasteiger partial charge >= 0.3 is 0 Å². The largest absolute Gasteiger partial charge is 0.493 e. The van der Waals surface area contributed by atoms with Crippen LogP contribution in [0.3, 0.4) is 0 Å². The molecule has 6 heteroatoms. The predicted molar refractivity (Wildman–Crippen MR) is 124 cm³/mol. The fourth-order valence-corrected chi connectivity index (χ4v) is 5.05. The van der Waals surface area contributed by atoms with Crippen molar-refractivity contribution in [3.63, 3.8) is 0 Å². The highest BCUT2D eigenvalue weighted by atomic mass is 32.1. The number of nitrogens with zero attached hydrogens (tertiary/aromatic N) is 1. The van der Waals surface area contributed by atoms with Crippen molar-refractivity contribution < 1.29 is 14.3 Å². The number of aromatic nitrogens is 1. The van der Waals surface area contributed by atoms with Gasteiger partial charge < -0.3 is 14.8 Å². The maximum atomic E-state index is 12.6. The number of nitrogens with one attached hydrogen (secondary N) is 1. The molecule has 0 atom stereocenters. The van der Waals surface area contributed by atoms with Gasteiger partial charge in [0.2, 0.25) is 5.91 Å². The van der Waals surface area contributed by atoms with Crippen LogP contribution in [0.2, 0.25) is 0 Å². The molecule has 5 nitrogen and oxygen atoms in total. The van der Waals surface area contributed by atoms with Crippen LogP contribution >= 0.6 is 11.3 Å². The van der Waals surface area contributed by atoms with E-state index in [1.165, 1.54) is 16.9 Å². The van der Waals surface area contributed by atoms with E-state index >= 15 is 0 Å². The van der Waals surface area contributed by atoms with Gasteiger partial charge in [0.1, 0.15) is 5.01 Å². The van der Waals surface area contributed by atoms with Gasteiger partial charge in [0, 0.05) is 17.0 Å². The van der Waals surface area contributed by atoms with Crippen LogP contribution in [0.25, 0.3) is 10.6 Å². The van der Waals surface area contributed by atoms with Crippen LogP contribution in [-0.2, 0) is 11.2 Å². The van der Waals surface area contributed by atoms with Gasteiger partial charge in [-0.2, -0.15) is 0 Å². The molecule has 0 saturated heterocycles. The second-order valence-corrected chi connectivity index (χ2v) is 8.78. The molecule has 2 aromatic carbocycles. The lowest BCUT2D eigenvalue weighted by atomic mass is 9.82. The molecule has 1 heterocycles. The Morgan fingerprint density at radius 2 is 1.77 bits per heavy atom. The molecule has 1 aliphatic rings. The van der Waals surface area contributed by atoms with E-state index in [1.54, 1.807) is 14.2 Å². The molecule has 1 aliphatic carbocycles. The average molecular weight is 437 g/mol. The molecule has 0 spiro atoms. The zero-order chi connectivity index (χ0) is 21.6. The minimum absolute atomic E-state index is 0.0484. The number of benzene rings is 2. The highest BCUT2D eigenvalue weighted by molar-refractivity contribution is 7.13. The number of hydrogen-bond donors (Lipinski definition) is 1. The number of hydrogen-bond acceptors (Lipinski definition) is 5. The highest BCUT2D eigenvalue weighted by Crippen LogP contribution is 2.34. The van der Waals surface area contributed by atoms with E-state index in [9.17, 15) is 4.79 Å². The number of carbonyl (C=O) groups excluding carboxylic acids is 1. The minimum Gasteiger partial charge on any atom is -0.493 e. The molecule has 1 amide bonds. The first kappa shape index (κ1) is 21.4. The van der Waals surface area contributed by atoms with E-state index < -0.39 is 0 Å². The van der Waals surface area contributed by atoms with Crippen molar-refractivity contribution in [3.05, 3.63) is 65.2 Å². The van der Waals surface area contributed by atoms with E-state index in [2.05, 4.69) is 40.6 Å². The first-order valence-corrected chi connectivity index (χ1v) is 11.6. The van der Waals surface area contributed by atoms with Gasteiger partial charge in [-0.15, -0.1) is 11.3 Å². The van der Waals surface area contributed by atoms with E-state index in [1.807, 2.05) is 23.6 Å². The lowest BCUT2D eigenvalue weighted by Crippen LogP contribution is -2.38. The molecule has 1 aromatic heterocycles. The molecule has 1 N–H and O–H groups in total. The maximum absolute atomic E-state index is 12.6. The normalized spacial score (nSPS) is 18.4. The van der Waals surface area contributed by atoms with Crippen molar-refractivity contribution in [1.29, 1.82) is 0 Å². The fraction of sp³-hybridized carbons (Fsp3) is 0.360. The molecule has 31 heavy (non-hydrogen) atoms. The van der Waals surface area contributed by atoms with Gasteiger partial charge in [-0.25, -0.2) is 4.98 Å². The monoisotopic (exact) mass is 436 g/mol. The molecule has 0 aliphatic heterocycles. The third kappa shape index (κ3) is 5.25. The molecule has 3 aromatic rings. The van der Waals surface area contributed by atoms with Gasteiger partial charge in [-0.1, -0.05) is 30.3 Å². The molecular formula is C25H28N2O3S. The summed E-state index contributed by atoms with van der Waals surface area (Å²) < 4.78 is 10.7. The minimum atomic E-state index is 0.0484. The van der Waals surface area contributed by atoms with Crippen molar-refractivity contribution in [3.8, 4) is 22.1 Å². The van der Waals surface area contributed by atoms with Crippen molar-refractivity contribution in [1.82, 2.24) is 10.3 Å². The Labute approximate surface area is 187 Å². The topological polar surface area (TPSA) is 60.5 Å². The number of thiazole rings is 1. The third-order valence-corrected chi connectivity index (χ3v) is 6.83. The SMILES string of the molecule is COc1ccc(-c2nc(CC(=O)NC3CCC(c4ccccc4)CC3)cs2)cc1OC. The number of ether oxygens (including phenoxy) is 2. The van der Waals surface area contributed by atoms with Crippen molar-refractivity contribution >= 4 is 17.2 Å². The fourth-order valence-electron chi connectivity index (χ4n) is 4.23. The average Bonchev–Trinajstić information content (AvgIpc) is 3.28. The van der Waals surface area contributed by atoms with Gasteiger partial charge in [-0.05, 0) is 55.4 Å². The predicted octanol–water partition coefficient (Wildman–Crippen LogP) is 5.21. The Bertz CT molecular complexity index is 1010. The molecular weight excluding hydrogens is 408 g/mol. The van der Waals surface area contributed by atoms with E-state index in [4.69, 9.17) is 9.47 Å². The molecule has 1 saturated carbocycles. The molecule has 4 rings (SSSR count). The summed E-state index contributed by atoms with van der Waals surface area (Å²) in [6.45, 7) is 0. The number of amides is 1. The van der Waals surface area contributed by atoms with Crippen LogP contribution in [0.1, 0.15) is 42.9 Å². The Balaban J connectivity index is 1.31. The summed E-state index contributed by atoms with van der Waals surface area (Å²) in [7, 11) is 3.23. The van der Waals surface area contributed by atoms with Crippen molar-refractivity contribution in [2.45, 2.75) is 44.1 Å². The van der Waals surface area contributed by atoms with Crippen LogP contribution in [0, 0.1) is 0 Å². The van der Waals surface area contributed by atoms with Crippen LogP contribution in [-0.4, -0.2) is 31.2 Å². The summed E-state index contributed by atoms with van der Waals surface area (Å²) in [5, 5.41) is 6.03. The molecule has 162 valence electrons. The lowest BCUT2D eigenvalue weighted by Gasteiger charge is -2.29. The Morgan fingerprint density at radius 1 is 1.03 bits per heavy atom. The molecule has 0 unspecified atom stereocenters. The standard InChI is InChI=1S/C25H28N2O3S/c1-29-22-13-10-19(14-23(22)30-2)25-27-21(16-31-25)15-24(28)26-20-11-8-18(9-12-20)17-6-4-3-5-7-17/h3-7,10,13-14,16,18,20H,8-9,11-12,15H2,1-2H3,(H,26,28). The van der Waals surface area contributed by atoms with Crippen molar-refractivity contribution in [2.24, 2.45) is 0 Å². The molecule has 0 radical (unpaired) electrons. The quantitative estimate of drug-likeness (QED) is 0.552. The number of methoxy groups -OCH3 is 2. The highest BCUT2D eigenvalue weighted by Gasteiger charge is 2.23. The summed E-state index contributed by atoms with van der Waals surface area (Å²) >= 11 is 1.53. The number of rotatable bonds is 7. The van der Waals surface area contributed by atoms with E-state index in [-0.39, 0.29) is 11.9 Å². The first-order valence-electron chi connectivity index (χ1n) is 10.7. The Morgan fingerprint density at radius 3 is 2.48 bits per heavy atom. The van der Waals surface area contributed by atoms with E-state index in [0.717, 1.165) is 41.9 Å². The summed E-state index contributed by atoms with van der Waals surface area (Å²) in [5.41, 5.74) is 3.16. The smallest absolute Gasteiger partial charge is 0.226 e. The van der Waals surface area contributed by atoms with Crippen LogP contribution in [0.15, 0.2) is 53.9 Å². The van der Waals surface area contributed by atoms with Crippen LogP contribution < -0.4 is 14.8 Å². The summed E-state index contributed by atoms with van der Waals surface area (Å²) in [4.78, 5) is 17.2. The van der Waals surface area contributed by atoms with Crippen LogP contribution in [0.4, 0.5) is 0 Å². The summed E-state index contributed by atoms with van der Waals surface area (Å²) in [6, 6.07) is 16.7. The van der Waals surface area contributed by atoms with Crippen LogP contribution in [0.5, 0.6) is 11.5 Å². The maximum Gasteiger partial charge on any atom is 0.226 e. The lowest BCUT2D eigenvalue weighted by molar-refractivity contribution is -0.121. The number of carbonyl (C=O) groups is 1. The zero-order valence-electron chi connectivity index (χ0n) is 18.0. The molecule has 0 bridgehead atoms. The first-order chi connectivity index (χ1) is 15.2. The Kier molecular flexibility index (Phi) is 6.87. The van der Waals surface area contributed by atoms with Gasteiger partial charge in [0.15, 0.2) is 11.5 Å². The second kappa shape index (κ2) is 9.96. The van der Waals surface area contributed by atoms with E-state index in [0.29, 0.717) is 23.8 Å². The molecule has 1 fully saturated rings. The van der Waals surface area contributed by atoms with Gasteiger partial charge in [-0.3, -0.25) is 4.79 Å². The second-order valence-electron chi connectivity index (χ2n) is 7.92. The van der Waals surface area contributed by atoms with Crippen molar-refractivity contribution in [2.75, 3.05) is 14.2 Å². The van der Waals surface area contributed by atoms with Gasteiger partial charge in [0.25, 0.3) is 0 Å². The third-order valence-electron chi connectivity index (χ3n) is 5.89. The summed E-state index contributed by atoms with van der Waals surface area (Å²) in [6.07, 6.45) is 4.60.